The van der Waals surface area contributed by atoms with Crippen LogP contribution in [0.5, 0.6) is 5.75 Å². The summed E-state index contributed by atoms with van der Waals surface area (Å²) in [5.74, 6) is -10.6. The van der Waals surface area contributed by atoms with E-state index in [4.69, 9.17) is 14.6 Å². The summed E-state index contributed by atoms with van der Waals surface area (Å²) in [7, 11) is -9.56. The van der Waals surface area contributed by atoms with E-state index in [2.05, 4.69) is 0 Å². The van der Waals surface area contributed by atoms with Crippen molar-refractivity contribution in [3.05, 3.63) is 64.2 Å². The smallest absolute Gasteiger partial charge is 0.294 e. The number of nitrogens with zero attached hydrogens (tertiary/aromatic N) is 1. The fourth-order valence-electron chi connectivity index (χ4n) is 2.86. The summed E-state index contributed by atoms with van der Waals surface area (Å²) in [4.78, 5) is -0.658. The predicted molar refractivity (Wildman–Crippen MR) is 94.9 cm³/mol. The van der Waals surface area contributed by atoms with Gasteiger partial charge in [0.1, 0.15) is 22.6 Å². The minimum absolute atomic E-state index is 0.142. The number of fused-ring (bicyclic) bond motifs is 1. The van der Waals surface area contributed by atoms with Crippen molar-refractivity contribution >= 4 is 26.0 Å². The zero-order chi connectivity index (χ0) is 23.3. The lowest BCUT2D eigenvalue weighted by Gasteiger charge is -2.23. The van der Waals surface area contributed by atoms with Gasteiger partial charge in [-0.3, -0.25) is 9.11 Å². The third-order valence-corrected chi connectivity index (χ3v) is 6.25. The van der Waals surface area contributed by atoms with E-state index in [1.54, 1.807) is 0 Å². The first-order valence-corrected chi connectivity index (χ1v) is 10.9. The quantitative estimate of drug-likeness (QED) is 0.387. The Morgan fingerprint density at radius 1 is 1.00 bits per heavy atom. The SMILES string of the molecule is N#Cc1c(F)c(F)c(OC2=CC(S(=O)(=O)O)Cc3cc(S(=O)(=O)O)ccc32)c(F)c1F. The van der Waals surface area contributed by atoms with Gasteiger partial charge in [-0.15, -0.1) is 0 Å². The van der Waals surface area contributed by atoms with Crippen molar-refractivity contribution in [3.8, 4) is 11.8 Å². The molecule has 2 N–H and O–H groups in total. The Balaban J connectivity index is 2.21. The fraction of sp³-hybridized carbons (Fsp3) is 0.118. The molecule has 164 valence electrons. The molecule has 0 bridgehead atoms. The second-order valence-electron chi connectivity index (χ2n) is 6.26. The molecule has 0 spiro atoms. The fourth-order valence-corrected chi connectivity index (χ4v) is 4.08. The average molecular weight is 479 g/mol. The van der Waals surface area contributed by atoms with Crippen molar-refractivity contribution in [1.82, 2.24) is 0 Å². The lowest BCUT2D eigenvalue weighted by Crippen LogP contribution is -2.26. The summed E-state index contributed by atoms with van der Waals surface area (Å²) in [5, 5.41) is 6.84. The molecule has 1 aliphatic carbocycles. The van der Waals surface area contributed by atoms with Gasteiger partial charge in [-0.25, -0.2) is 8.78 Å². The van der Waals surface area contributed by atoms with Gasteiger partial charge < -0.3 is 4.74 Å². The van der Waals surface area contributed by atoms with Crippen LogP contribution in [0.1, 0.15) is 16.7 Å². The topological polar surface area (TPSA) is 142 Å². The van der Waals surface area contributed by atoms with Crippen molar-refractivity contribution in [3.63, 3.8) is 0 Å². The van der Waals surface area contributed by atoms with Crippen LogP contribution in [0.15, 0.2) is 29.2 Å². The number of hydrogen-bond acceptors (Lipinski definition) is 6. The first-order valence-electron chi connectivity index (χ1n) is 7.98. The van der Waals surface area contributed by atoms with E-state index in [-0.39, 0.29) is 11.1 Å². The second-order valence-corrected chi connectivity index (χ2v) is 9.31. The molecule has 31 heavy (non-hydrogen) atoms. The van der Waals surface area contributed by atoms with Crippen LogP contribution in [0.3, 0.4) is 0 Å². The molecule has 2 aromatic rings. The molecule has 1 unspecified atom stereocenters. The first-order chi connectivity index (χ1) is 14.3. The van der Waals surface area contributed by atoms with Crippen LogP contribution in [0, 0.1) is 34.6 Å². The van der Waals surface area contributed by atoms with E-state index in [0.717, 1.165) is 24.3 Å². The van der Waals surface area contributed by atoms with Gasteiger partial charge in [-0.1, -0.05) is 0 Å². The van der Waals surface area contributed by atoms with Gasteiger partial charge in [0.05, 0.1) is 4.90 Å². The molecule has 0 aliphatic heterocycles. The number of benzene rings is 2. The maximum atomic E-state index is 14.2. The van der Waals surface area contributed by atoms with Crippen molar-refractivity contribution in [1.29, 1.82) is 5.26 Å². The molecule has 0 amide bonds. The summed E-state index contributed by atoms with van der Waals surface area (Å²) in [5.41, 5.74) is -1.84. The Hall–Kier alpha value is -2.99. The molecule has 0 saturated heterocycles. The van der Waals surface area contributed by atoms with Crippen LogP contribution < -0.4 is 4.74 Å². The molecule has 2 aromatic carbocycles. The highest BCUT2D eigenvalue weighted by Gasteiger charge is 2.33. The molecule has 8 nitrogen and oxygen atoms in total. The molecule has 0 fully saturated rings. The van der Waals surface area contributed by atoms with Crippen molar-refractivity contribution in [2.75, 3.05) is 0 Å². The van der Waals surface area contributed by atoms with Crippen LogP contribution in [-0.4, -0.2) is 31.2 Å². The van der Waals surface area contributed by atoms with Crippen LogP contribution in [0.25, 0.3) is 5.76 Å². The highest BCUT2D eigenvalue weighted by molar-refractivity contribution is 7.86. The number of hydrogen-bond donors (Lipinski definition) is 2. The zero-order valence-corrected chi connectivity index (χ0v) is 16.4. The molecule has 0 heterocycles. The maximum absolute atomic E-state index is 14.2. The monoisotopic (exact) mass is 479 g/mol. The van der Waals surface area contributed by atoms with Gasteiger partial charge in [0.2, 0.25) is 17.4 Å². The van der Waals surface area contributed by atoms with Crippen LogP contribution in [-0.2, 0) is 26.7 Å². The third kappa shape index (κ3) is 4.12. The number of nitriles is 1. The van der Waals surface area contributed by atoms with Gasteiger partial charge >= 0.3 is 0 Å². The predicted octanol–water partition coefficient (Wildman–Crippen LogP) is 2.59. The van der Waals surface area contributed by atoms with E-state index in [1.807, 2.05) is 0 Å². The summed E-state index contributed by atoms with van der Waals surface area (Å²) in [6, 6.07) is 3.61. The molecule has 0 radical (unpaired) electrons. The molecular formula is C17H9F4NO7S2. The van der Waals surface area contributed by atoms with E-state index in [9.17, 15) is 39.0 Å². The molecule has 1 aliphatic rings. The van der Waals surface area contributed by atoms with Crippen molar-refractivity contribution < 1.29 is 48.2 Å². The standard InChI is InChI=1S/C17H9F4NO7S2/c18-13-11(6-22)14(19)16(21)17(15(13)20)29-12-5-9(31(26,27)28)4-7-3-8(30(23,24)25)1-2-10(7)12/h1-3,5,9H,4H2,(H,23,24,25)(H,26,27,28). The second kappa shape index (κ2) is 7.61. The molecule has 0 saturated carbocycles. The number of rotatable bonds is 4. The Morgan fingerprint density at radius 2 is 1.58 bits per heavy atom. The largest absolute Gasteiger partial charge is 0.451 e. The van der Waals surface area contributed by atoms with E-state index >= 15 is 0 Å². The van der Waals surface area contributed by atoms with Crippen LogP contribution >= 0.6 is 0 Å². The normalized spacial score (nSPS) is 16.3. The summed E-state index contributed by atoms with van der Waals surface area (Å²) < 4.78 is 125. The molecular weight excluding hydrogens is 470 g/mol. The van der Waals surface area contributed by atoms with Crippen molar-refractivity contribution in [2.45, 2.75) is 16.6 Å². The molecule has 3 rings (SSSR count). The Morgan fingerprint density at radius 3 is 2.06 bits per heavy atom. The van der Waals surface area contributed by atoms with Crippen molar-refractivity contribution in [2.24, 2.45) is 0 Å². The Bertz CT molecular complexity index is 1370. The minimum Gasteiger partial charge on any atom is -0.451 e. The van der Waals surface area contributed by atoms with Gasteiger partial charge in [0, 0.05) is 5.56 Å². The van der Waals surface area contributed by atoms with Gasteiger partial charge in [0.15, 0.2) is 11.6 Å². The summed E-state index contributed by atoms with van der Waals surface area (Å²) >= 11 is 0. The Kier molecular flexibility index (Phi) is 5.57. The van der Waals surface area contributed by atoms with Crippen LogP contribution in [0.2, 0.25) is 0 Å². The summed E-state index contributed by atoms with van der Waals surface area (Å²) in [6.45, 7) is 0. The highest BCUT2D eigenvalue weighted by atomic mass is 32.2. The molecule has 14 heteroatoms. The third-order valence-electron chi connectivity index (χ3n) is 4.33. The van der Waals surface area contributed by atoms with Gasteiger partial charge in [-0.2, -0.15) is 30.9 Å². The van der Waals surface area contributed by atoms with Gasteiger partial charge in [-0.05, 0) is 36.3 Å². The lowest BCUT2D eigenvalue weighted by atomic mass is 9.95. The number of halogens is 4. The molecule has 1 atom stereocenters. The first kappa shape index (κ1) is 22.7. The maximum Gasteiger partial charge on any atom is 0.294 e. The average Bonchev–Trinajstić information content (AvgIpc) is 2.68. The van der Waals surface area contributed by atoms with Gasteiger partial charge in [0.25, 0.3) is 20.2 Å². The number of ether oxygens (including phenoxy) is 1. The van der Waals surface area contributed by atoms with Crippen LogP contribution in [0.4, 0.5) is 17.6 Å². The van der Waals surface area contributed by atoms with E-state index < -0.39 is 77.1 Å². The molecule has 0 aromatic heterocycles. The van der Waals surface area contributed by atoms with E-state index in [0.29, 0.717) is 6.08 Å². The van der Waals surface area contributed by atoms with E-state index in [1.165, 1.54) is 0 Å². The summed E-state index contributed by atoms with van der Waals surface area (Å²) in [6.07, 6.45) is 0.170. The Labute approximate surface area is 172 Å². The lowest BCUT2D eigenvalue weighted by molar-refractivity contribution is 0.374. The highest BCUT2D eigenvalue weighted by Crippen LogP contribution is 2.36. The minimum atomic E-state index is -4.84. The zero-order valence-electron chi connectivity index (χ0n) is 14.8.